The number of hydrogen-bond acceptors (Lipinski definition) is 5. The summed E-state index contributed by atoms with van der Waals surface area (Å²) in [4.78, 5) is 13.7. The van der Waals surface area contributed by atoms with Gasteiger partial charge in [0.2, 0.25) is 5.95 Å². The fourth-order valence-electron chi connectivity index (χ4n) is 1.48. The number of aryl methyl sites for hydroxylation is 1. The van der Waals surface area contributed by atoms with Gasteiger partial charge in [0.05, 0.1) is 19.2 Å². The number of sulfonamides is 1. The number of anilines is 1. The van der Waals surface area contributed by atoms with Crippen molar-refractivity contribution < 1.29 is 22.7 Å². The average Bonchev–Trinajstić information content (AvgIpc) is 2.85. The molecule has 0 saturated carbocycles. The molecule has 0 aliphatic carbocycles. The van der Waals surface area contributed by atoms with E-state index in [9.17, 15) is 17.6 Å². The third kappa shape index (κ3) is 3.99. The fraction of sp³-hybridized carbons (Fsp3) is 0.182. The number of hydrogen-bond donors (Lipinski definition) is 2. The van der Waals surface area contributed by atoms with Gasteiger partial charge in [0.15, 0.2) is 0 Å². The van der Waals surface area contributed by atoms with Crippen molar-refractivity contribution in [1.29, 1.82) is 0 Å². The molecule has 0 fully saturated rings. The normalized spacial score (nSPS) is 11.3. The zero-order chi connectivity index (χ0) is 15.5. The Morgan fingerprint density at radius 1 is 1.43 bits per heavy atom. The van der Waals surface area contributed by atoms with Gasteiger partial charge < -0.3 is 5.11 Å². The zero-order valence-corrected chi connectivity index (χ0v) is 11.4. The summed E-state index contributed by atoms with van der Waals surface area (Å²) < 4.78 is 40.3. The lowest BCUT2D eigenvalue weighted by Crippen LogP contribution is -2.13. The molecule has 2 heterocycles. The van der Waals surface area contributed by atoms with Gasteiger partial charge >= 0.3 is 5.97 Å². The quantitative estimate of drug-likeness (QED) is 0.758. The number of carboxylic acids is 1. The number of halogens is 1. The largest absolute Gasteiger partial charge is 0.481 e. The van der Waals surface area contributed by atoms with Crippen LogP contribution in [0.3, 0.4) is 0 Å². The molecule has 0 saturated heterocycles. The smallest absolute Gasteiger partial charge is 0.305 e. The number of nitrogens with one attached hydrogen (secondary N) is 1. The molecule has 10 heteroatoms. The first-order valence-corrected chi connectivity index (χ1v) is 7.25. The van der Waals surface area contributed by atoms with Crippen molar-refractivity contribution in [3.8, 4) is 0 Å². The Hall–Kier alpha value is -2.49. The van der Waals surface area contributed by atoms with Gasteiger partial charge in [-0.05, 0) is 12.1 Å². The number of pyridine rings is 1. The molecule has 2 rings (SSSR count). The SMILES string of the molecule is O=C(O)CCn1cc(S(=O)(=O)Nc2cccc(F)n2)cn1. The van der Waals surface area contributed by atoms with E-state index in [0.717, 1.165) is 12.3 Å². The molecule has 112 valence electrons. The van der Waals surface area contributed by atoms with Crippen LogP contribution in [0.25, 0.3) is 0 Å². The summed E-state index contributed by atoms with van der Waals surface area (Å²) in [5.74, 6) is -1.99. The standard InChI is InChI=1S/C11H11FN4O4S/c12-9-2-1-3-10(14-9)15-21(19,20)8-6-13-16(7-8)5-4-11(17)18/h1-3,6-7H,4-5H2,(H,14,15)(H,17,18). The molecular weight excluding hydrogens is 303 g/mol. The summed E-state index contributed by atoms with van der Waals surface area (Å²) in [6.07, 6.45) is 2.08. The molecule has 0 spiro atoms. The molecule has 0 unspecified atom stereocenters. The second-order valence-corrected chi connectivity index (χ2v) is 5.72. The van der Waals surface area contributed by atoms with E-state index in [-0.39, 0.29) is 23.7 Å². The molecule has 0 bridgehead atoms. The van der Waals surface area contributed by atoms with Gasteiger partial charge in [-0.1, -0.05) is 6.07 Å². The van der Waals surface area contributed by atoms with Crippen LogP contribution in [-0.4, -0.2) is 34.3 Å². The summed E-state index contributed by atoms with van der Waals surface area (Å²) in [6, 6.07) is 3.70. The Morgan fingerprint density at radius 3 is 2.86 bits per heavy atom. The molecule has 0 aromatic carbocycles. The lowest BCUT2D eigenvalue weighted by Gasteiger charge is -2.04. The molecule has 2 aromatic rings. The molecule has 21 heavy (non-hydrogen) atoms. The molecule has 0 atom stereocenters. The molecule has 2 N–H and O–H groups in total. The second kappa shape index (κ2) is 5.87. The minimum absolute atomic E-state index is 0.0447. The summed E-state index contributed by atoms with van der Waals surface area (Å²) >= 11 is 0. The first kappa shape index (κ1) is 14.9. The van der Waals surface area contributed by atoms with E-state index in [1.807, 2.05) is 0 Å². The van der Waals surface area contributed by atoms with Crippen LogP contribution < -0.4 is 4.72 Å². The first-order chi connectivity index (χ1) is 9.87. The number of aromatic nitrogens is 3. The van der Waals surface area contributed by atoms with Crippen LogP contribution in [0, 0.1) is 5.95 Å². The number of carboxylic acid groups (broad SMARTS) is 1. The highest BCUT2D eigenvalue weighted by atomic mass is 32.2. The van der Waals surface area contributed by atoms with Crippen molar-refractivity contribution >= 4 is 21.8 Å². The van der Waals surface area contributed by atoms with Gasteiger partial charge in [-0.15, -0.1) is 0 Å². The van der Waals surface area contributed by atoms with E-state index >= 15 is 0 Å². The van der Waals surface area contributed by atoms with Crippen LogP contribution in [-0.2, 0) is 21.4 Å². The van der Waals surface area contributed by atoms with Crippen LogP contribution in [0.1, 0.15) is 6.42 Å². The van der Waals surface area contributed by atoms with Crippen molar-refractivity contribution in [2.24, 2.45) is 0 Å². The van der Waals surface area contributed by atoms with Gasteiger partial charge in [-0.2, -0.15) is 9.49 Å². The monoisotopic (exact) mass is 314 g/mol. The van der Waals surface area contributed by atoms with Crippen molar-refractivity contribution in [2.75, 3.05) is 4.72 Å². The Bertz CT molecular complexity index is 759. The number of rotatable bonds is 6. The molecular formula is C11H11FN4O4S. The summed E-state index contributed by atoms with van der Waals surface area (Å²) in [5.41, 5.74) is 0. The lowest BCUT2D eigenvalue weighted by atomic mass is 10.4. The highest BCUT2D eigenvalue weighted by Gasteiger charge is 2.17. The fourth-order valence-corrected chi connectivity index (χ4v) is 2.43. The van der Waals surface area contributed by atoms with Crippen molar-refractivity contribution in [3.63, 3.8) is 0 Å². The first-order valence-electron chi connectivity index (χ1n) is 5.76. The maximum absolute atomic E-state index is 12.9. The Balaban J connectivity index is 2.14. The predicted molar refractivity (Wildman–Crippen MR) is 69.5 cm³/mol. The van der Waals surface area contributed by atoms with E-state index < -0.39 is 21.9 Å². The van der Waals surface area contributed by atoms with Gasteiger partial charge in [-0.3, -0.25) is 14.2 Å². The van der Waals surface area contributed by atoms with Crippen LogP contribution >= 0.6 is 0 Å². The zero-order valence-electron chi connectivity index (χ0n) is 10.6. The molecule has 0 amide bonds. The van der Waals surface area contributed by atoms with E-state index in [1.54, 1.807) is 0 Å². The van der Waals surface area contributed by atoms with Crippen LogP contribution in [0.2, 0.25) is 0 Å². The van der Waals surface area contributed by atoms with E-state index in [4.69, 9.17) is 5.11 Å². The third-order valence-corrected chi connectivity index (χ3v) is 3.74. The van der Waals surface area contributed by atoms with E-state index in [1.165, 1.54) is 23.0 Å². The van der Waals surface area contributed by atoms with Gasteiger partial charge in [0.1, 0.15) is 10.7 Å². The number of aliphatic carboxylic acids is 1. The highest BCUT2D eigenvalue weighted by Crippen LogP contribution is 2.13. The van der Waals surface area contributed by atoms with Crippen molar-refractivity contribution in [3.05, 3.63) is 36.5 Å². The topological polar surface area (TPSA) is 114 Å². The maximum atomic E-state index is 12.9. The molecule has 0 aliphatic heterocycles. The van der Waals surface area contributed by atoms with Gasteiger partial charge in [-0.25, -0.2) is 13.4 Å². The predicted octanol–water partition coefficient (Wildman–Crippen LogP) is 0.693. The van der Waals surface area contributed by atoms with Crippen molar-refractivity contribution in [2.45, 2.75) is 17.9 Å². The van der Waals surface area contributed by atoms with Crippen LogP contribution in [0.15, 0.2) is 35.5 Å². The molecule has 8 nitrogen and oxygen atoms in total. The van der Waals surface area contributed by atoms with Gasteiger partial charge in [0, 0.05) is 6.20 Å². The summed E-state index contributed by atoms with van der Waals surface area (Å²) in [6.45, 7) is 0.0447. The summed E-state index contributed by atoms with van der Waals surface area (Å²) in [5, 5.41) is 12.3. The molecule has 2 aromatic heterocycles. The van der Waals surface area contributed by atoms with E-state index in [2.05, 4.69) is 14.8 Å². The minimum atomic E-state index is -3.96. The maximum Gasteiger partial charge on any atom is 0.305 e. The van der Waals surface area contributed by atoms with E-state index in [0.29, 0.717) is 0 Å². The molecule has 0 radical (unpaired) electrons. The Kier molecular flexibility index (Phi) is 4.17. The minimum Gasteiger partial charge on any atom is -0.481 e. The average molecular weight is 314 g/mol. The highest BCUT2D eigenvalue weighted by molar-refractivity contribution is 7.92. The molecule has 0 aliphatic rings. The number of nitrogens with zero attached hydrogens (tertiary/aromatic N) is 3. The van der Waals surface area contributed by atoms with Crippen LogP contribution in [0.5, 0.6) is 0 Å². The van der Waals surface area contributed by atoms with Gasteiger partial charge in [0.25, 0.3) is 10.0 Å². The Labute approximate surface area is 119 Å². The summed E-state index contributed by atoms with van der Waals surface area (Å²) in [7, 11) is -3.96. The van der Waals surface area contributed by atoms with Crippen molar-refractivity contribution in [1.82, 2.24) is 14.8 Å². The second-order valence-electron chi connectivity index (χ2n) is 4.03. The third-order valence-electron chi connectivity index (χ3n) is 2.43. The van der Waals surface area contributed by atoms with Crippen LogP contribution in [0.4, 0.5) is 10.2 Å². The number of carbonyl (C=O) groups is 1. The lowest BCUT2D eigenvalue weighted by molar-refractivity contribution is -0.137. The Morgan fingerprint density at radius 2 is 2.19 bits per heavy atom.